The Labute approximate surface area is 845 Å². The van der Waals surface area contributed by atoms with Crippen molar-refractivity contribution in [2.24, 2.45) is 0 Å². The molecule has 0 amide bonds. The minimum Gasteiger partial charge on any atom is -0.456 e. The highest BCUT2D eigenvalue weighted by Gasteiger charge is 2.34. The summed E-state index contributed by atoms with van der Waals surface area (Å²) in [6.07, 6.45) is 0. The number of benzene rings is 22. The van der Waals surface area contributed by atoms with Crippen LogP contribution in [-0.4, -0.2) is 57.3 Å². The summed E-state index contributed by atoms with van der Waals surface area (Å²) in [6.45, 7) is 0. The standard InChI is InChI=1S/C48H26N4S.C44H24N4O.C42H24N4/c1-4-15-31-28(12-1)32-18-11-19-33-36-26-27(24-25-40(36)52(45(32)33)48-44(31)49-37-20-7-8-21-38(37)50-48)51-39-22-9-5-16-34(39)42-29-13-2-3-14-30(29)43-35-17-6-10-23-41(35)53-47(43)46(42)51;1-2-13-29-26(10-1)30-14-9-15-31-32-22-25(20-21-38(32)48(43(30)31)44-42(29)45-35-16-5-6-17-36(35)46-44)47-37-18-7-3-11-27(37)33-23-34-28-12-4-8-19-40(28)49-41(34)24-39(33)47;1-2-11-27-25(10-1)20-22-38-39(27)32-14-5-8-19-36(32)45(38)26-21-23-37-33(24-26)31-16-9-15-30-28-12-3-4-13-29(28)40-42(46(37)41(30)31)44-35-18-7-6-17-34(35)43-40/h1-26H;1-24H;1-24H. The Balaban J connectivity index is 0.0000000951. The molecule has 14 heteroatoms. The molecule has 0 aliphatic carbocycles. The molecule has 3 aliphatic heterocycles. The lowest BCUT2D eigenvalue weighted by atomic mass is 9.96. The van der Waals surface area contributed by atoms with E-state index in [0.717, 1.165) is 168 Å². The minimum absolute atomic E-state index is 0.855. The van der Waals surface area contributed by atoms with E-state index in [1.54, 1.807) is 0 Å². The molecule has 0 fully saturated rings. The molecule has 22 aromatic carbocycles. The summed E-state index contributed by atoms with van der Waals surface area (Å²) in [5.41, 5.74) is 37.6. The maximum absolute atomic E-state index is 6.39. The summed E-state index contributed by atoms with van der Waals surface area (Å²) in [6, 6.07) is 161. The second-order valence-electron chi connectivity index (χ2n) is 39.3. The number of furan rings is 1. The van der Waals surface area contributed by atoms with Gasteiger partial charge in [0.15, 0.2) is 17.5 Å². The van der Waals surface area contributed by atoms with Gasteiger partial charge in [0.05, 0.1) is 104 Å². The number of rotatable bonds is 3. The first-order chi connectivity index (χ1) is 73.4. The maximum atomic E-state index is 6.39. The largest absolute Gasteiger partial charge is 0.456 e. The normalized spacial score (nSPS) is 12.5. The summed E-state index contributed by atoms with van der Waals surface area (Å²) in [5, 5.41) is 24.8. The number of para-hydroxylation sites is 13. The smallest absolute Gasteiger partial charge is 0.165 e. The van der Waals surface area contributed by atoms with Gasteiger partial charge in [0.2, 0.25) is 0 Å². The van der Waals surface area contributed by atoms with Crippen LogP contribution in [0.15, 0.2) is 453 Å². The van der Waals surface area contributed by atoms with Gasteiger partial charge < -0.3 is 18.1 Å². The van der Waals surface area contributed by atoms with Crippen LogP contribution in [0.25, 0.3) is 329 Å². The highest BCUT2D eigenvalue weighted by atomic mass is 32.1. The average molecular weight is 1900 g/mol. The fraction of sp³-hybridized carbons (Fsp3) is 0. The third-order valence-electron chi connectivity index (χ3n) is 31.7. The maximum Gasteiger partial charge on any atom is 0.165 e. The molecule has 3 aliphatic rings. The van der Waals surface area contributed by atoms with Crippen LogP contribution in [0.5, 0.6) is 0 Å². The van der Waals surface area contributed by atoms with Crippen molar-refractivity contribution in [3.8, 4) is 102 Å². The molecule has 682 valence electrons. The third-order valence-corrected chi connectivity index (χ3v) is 32.9. The van der Waals surface area contributed by atoms with Crippen molar-refractivity contribution < 1.29 is 4.42 Å². The van der Waals surface area contributed by atoms with Crippen molar-refractivity contribution in [1.29, 1.82) is 0 Å². The second kappa shape index (κ2) is 29.9. The van der Waals surface area contributed by atoms with Crippen LogP contribution in [0, 0.1) is 0 Å². The number of thiophene rings is 1. The number of nitrogens with zero attached hydrogens (tertiary/aromatic N) is 12. The van der Waals surface area contributed by atoms with E-state index in [1.165, 1.54) is 162 Å². The van der Waals surface area contributed by atoms with E-state index >= 15 is 0 Å². The van der Waals surface area contributed by atoms with E-state index in [9.17, 15) is 0 Å². The minimum atomic E-state index is 0.855. The van der Waals surface area contributed by atoms with Gasteiger partial charge in [-0.3, -0.25) is 13.7 Å². The molecule has 0 saturated heterocycles. The zero-order valence-corrected chi connectivity index (χ0v) is 79.7. The van der Waals surface area contributed by atoms with Crippen LogP contribution in [0.1, 0.15) is 0 Å². The quantitative estimate of drug-likeness (QED) is 0.173. The Hall–Kier alpha value is -19.8. The molecule has 0 bridgehead atoms. The van der Waals surface area contributed by atoms with Crippen LogP contribution in [0.3, 0.4) is 0 Å². The Kier molecular flexibility index (Phi) is 16.1. The highest BCUT2D eigenvalue weighted by molar-refractivity contribution is 7.27. The number of hydrogen-bond acceptors (Lipinski definition) is 8. The van der Waals surface area contributed by atoms with E-state index in [4.69, 9.17) is 34.3 Å². The van der Waals surface area contributed by atoms with E-state index < -0.39 is 0 Å². The molecule has 33 aromatic rings. The molecular weight excluding hydrogens is 1830 g/mol. The van der Waals surface area contributed by atoms with Crippen LogP contribution >= 0.6 is 11.3 Å². The Morgan fingerprint density at radius 2 is 0.520 bits per heavy atom. The van der Waals surface area contributed by atoms with Crippen molar-refractivity contribution in [1.82, 2.24) is 57.3 Å². The number of aromatic nitrogens is 12. The van der Waals surface area contributed by atoms with Gasteiger partial charge in [0.25, 0.3) is 0 Å². The van der Waals surface area contributed by atoms with Gasteiger partial charge in [-0.25, -0.2) is 29.9 Å². The van der Waals surface area contributed by atoms with E-state index in [2.05, 4.69) is 410 Å². The molecule has 0 spiro atoms. The Bertz CT molecular complexity index is 11800. The van der Waals surface area contributed by atoms with E-state index in [0.29, 0.717) is 0 Å². The molecule has 36 rings (SSSR count). The lowest BCUT2D eigenvalue weighted by Gasteiger charge is -2.13. The predicted molar refractivity (Wildman–Crippen MR) is 613 cm³/mol. The van der Waals surface area contributed by atoms with Gasteiger partial charge in [0, 0.05) is 147 Å². The summed E-state index contributed by atoms with van der Waals surface area (Å²) in [7, 11) is 0. The number of fused-ring (bicyclic) bond motifs is 48. The van der Waals surface area contributed by atoms with Crippen LogP contribution in [0.4, 0.5) is 0 Å². The van der Waals surface area contributed by atoms with E-state index in [1.807, 2.05) is 78.1 Å². The van der Waals surface area contributed by atoms with Gasteiger partial charge in [0.1, 0.15) is 28.2 Å². The lowest BCUT2D eigenvalue weighted by molar-refractivity contribution is 0.669. The topological polar surface area (TPSA) is 120 Å². The highest BCUT2D eigenvalue weighted by Crippen LogP contribution is 2.55. The van der Waals surface area contributed by atoms with Crippen LogP contribution in [-0.2, 0) is 0 Å². The molecule has 0 unspecified atom stereocenters. The lowest BCUT2D eigenvalue weighted by Crippen LogP contribution is -2.02. The van der Waals surface area contributed by atoms with Crippen LogP contribution in [0.2, 0.25) is 0 Å². The zero-order chi connectivity index (χ0) is 96.1. The molecule has 11 aromatic heterocycles. The summed E-state index contributed by atoms with van der Waals surface area (Å²) < 4.78 is 23.4. The second-order valence-corrected chi connectivity index (χ2v) is 40.3. The van der Waals surface area contributed by atoms with Crippen molar-refractivity contribution >= 4 is 239 Å². The van der Waals surface area contributed by atoms with E-state index in [-0.39, 0.29) is 0 Å². The summed E-state index contributed by atoms with van der Waals surface area (Å²) >= 11 is 1.90. The van der Waals surface area contributed by atoms with Crippen molar-refractivity contribution in [2.75, 3.05) is 0 Å². The van der Waals surface area contributed by atoms with Gasteiger partial charge in [-0.1, -0.05) is 309 Å². The molecule has 0 radical (unpaired) electrons. The first-order valence-electron chi connectivity index (χ1n) is 50.3. The fourth-order valence-electron chi connectivity index (χ4n) is 25.5. The SMILES string of the molecule is c1ccc2c(c1)-c1nc3ccccc3nc1-n1c3ccc(-n4c5ccccc5c5c6ccccc6c6c7ccccc7sc6c54)cc3c3cccc-2c31.c1ccc2c(c1)-c1nc3ccccc3nc1-n1c3ccc(-n4c5ccccc5c5c6ccccc6ccc54)cc3c3cccc-2c31.c1ccc2c(c1)-c1nc3ccccc3nc1-n1c3ccc(-n4c5ccccc5c5cc6c(cc54)oc4ccccc46)cc3c3cccc-2c31. The molecular formula is C134H74N12OS. The van der Waals surface area contributed by atoms with Gasteiger partial charge in [-0.2, -0.15) is 0 Å². The molecule has 0 saturated carbocycles. The molecule has 0 N–H and O–H groups in total. The van der Waals surface area contributed by atoms with Gasteiger partial charge in [-0.15, -0.1) is 11.3 Å². The zero-order valence-electron chi connectivity index (χ0n) is 78.9. The summed E-state index contributed by atoms with van der Waals surface area (Å²) in [4.78, 5) is 31.7. The molecule has 13 nitrogen and oxygen atoms in total. The van der Waals surface area contributed by atoms with Crippen molar-refractivity contribution in [3.63, 3.8) is 0 Å². The molecule has 0 atom stereocenters. The predicted octanol–water partition coefficient (Wildman–Crippen LogP) is 35.0. The first kappa shape index (κ1) is 79.8. The third kappa shape index (κ3) is 10.9. The Morgan fingerprint density at radius 3 is 1.03 bits per heavy atom. The average Bonchev–Trinajstić information content (AvgIpc) is 1.53. The van der Waals surface area contributed by atoms with Gasteiger partial charge >= 0.3 is 0 Å². The van der Waals surface area contributed by atoms with Crippen molar-refractivity contribution in [3.05, 3.63) is 449 Å². The van der Waals surface area contributed by atoms with Gasteiger partial charge in [-0.05, 0) is 172 Å². The Morgan fingerprint density at radius 1 is 0.176 bits per heavy atom. The summed E-state index contributed by atoms with van der Waals surface area (Å²) in [5.74, 6) is 2.59. The molecule has 14 heterocycles. The molecule has 148 heavy (non-hydrogen) atoms. The fourth-order valence-corrected chi connectivity index (χ4v) is 26.8. The van der Waals surface area contributed by atoms with Crippen LogP contribution < -0.4 is 0 Å². The van der Waals surface area contributed by atoms with Crippen molar-refractivity contribution in [2.45, 2.75) is 0 Å². The monoisotopic (exact) mass is 1900 g/mol. The number of hydrogen-bond donors (Lipinski definition) is 0. The first-order valence-corrected chi connectivity index (χ1v) is 51.1.